The fraction of sp³-hybridized carbons (Fsp3) is 0.333. The molecule has 2 aromatic rings. The lowest BCUT2D eigenvalue weighted by molar-refractivity contribution is -0.115. The topological polar surface area (TPSA) is 55.8 Å². The first-order valence-corrected chi connectivity index (χ1v) is 9.90. The van der Waals surface area contributed by atoms with Crippen LogP contribution in [-0.2, 0) is 16.8 Å². The van der Waals surface area contributed by atoms with Crippen LogP contribution < -0.4 is 9.47 Å². The quantitative estimate of drug-likeness (QED) is 0.793. The molecule has 1 aliphatic heterocycles. The molecule has 0 N–H and O–H groups in total. The Hall–Kier alpha value is -3.08. The van der Waals surface area contributed by atoms with Crippen LogP contribution in [0.2, 0.25) is 0 Å². The van der Waals surface area contributed by atoms with Crippen LogP contribution in [0.3, 0.4) is 0 Å². The summed E-state index contributed by atoms with van der Waals surface area (Å²) in [5.74, 6) is 1.28. The minimum atomic E-state index is -0.426. The van der Waals surface area contributed by atoms with E-state index in [-0.39, 0.29) is 11.7 Å². The van der Waals surface area contributed by atoms with Crippen molar-refractivity contribution in [3.8, 4) is 11.5 Å². The van der Waals surface area contributed by atoms with E-state index in [4.69, 9.17) is 9.47 Å². The summed E-state index contributed by atoms with van der Waals surface area (Å²) >= 11 is 0. The molecule has 1 aliphatic carbocycles. The van der Waals surface area contributed by atoms with Gasteiger partial charge in [0.25, 0.3) is 5.91 Å². The van der Waals surface area contributed by atoms with E-state index in [2.05, 4.69) is 0 Å². The Balaban J connectivity index is 1.87. The van der Waals surface area contributed by atoms with Crippen molar-refractivity contribution >= 4 is 11.7 Å². The second kappa shape index (κ2) is 7.74. The van der Waals surface area contributed by atoms with E-state index in [1.54, 1.807) is 24.2 Å². The van der Waals surface area contributed by atoms with Crippen molar-refractivity contribution in [2.24, 2.45) is 0 Å². The van der Waals surface area contributed by atoms with E-state index >= 15 is 0 Å². The molecule has 0 saturated heterocycles. The zero-order valence-corrected chi connectivity index (χ0v) is 16.8. The van der Waals surface area contributed by atoms with Gasteiger partial charge < -0.3 is 14.4 Å². The smallest absolute Gasteiger partial charge is 0.254 e. The first-order valence-electron chi connectivity index (χ1n) is 9.90. The number of amides is 1. The van der Waals surface area contributed by atoms with Crippen LogP contribution in [0.25, 0.3) is 0 Å². The van der Waals surface area contributed by atoms with Crippen molar-refractivity contribution in [2.45, 2.75) is 31.3 Å². The lowest BCUT2D eigenvalue weighted by Gasteiger charge is -2.35. The van der Waals surface area contributed by atoms with Crippen LogP contribution in [0, 0.1) is 0 Å². The van der Waals surface area contributed by atoms with Crippen molar-refractivity contribution in [3.63, 3.8) is 0 Å². The molecule has 0 fully saturated rings. The third-order valence-corrected chi connectivity index (χ3v) is 5.94. The summed E-state index contributed by atoms with van der Waals surface area (Å²) in [5, 5.41) is 0. The second-order valence-corrected chi connectivity index (χ2v) is 7.73. The van der Waals surface area contributed by atoms with Gasteiger partial charge in [-0.05, 0) is 36.6 Å². The van der Waals surface area contributed by atoms with Crippen LogP contribution in [0.15, 0.2) is 54.6 Å². The number of carbonyl (C=O) groups excluding carboxylic acids is 2. The molecule has 0 bridgehead atoms. The summed E-state index contributed by atoms with van der Waals surface area (Å²) in [7, 11) is 3.42. The van der Waals surface area contributed by atoms with E-state index in [0.717, 1.165) is 17.5 Å². The Morgan fingerprint density at radius 3 is 2.55 bits per heavy atom. The predicted octanol–water partition coefficient (Wildman–Crippen LogP) is 3.91. The van der Waals surface area contributed by atoms with E-state index in [1.807, 2.05) is 49.5 Å². The monoisotopic (exact) mass is 391 g/mol. The van der Waals surface area contributed by atoms with Gasteiger partial charge in [0.2, 0.25) is 0 Å². The molecule has 1 amide bonds. The van der Waals surface area contributed by atoms with E-state index < -0.39 is 5.41 Å². The van der Waals surface area contributed by atoms with Gasteiger partial charge >= 0.3 is 0 Å². The Bertz CT molecular complexity index is 966. The van der Waals surface area contributed by atoms with Crippen molar-refractivity contribution < 1.29 is 19.1 Å². The Kier molecular flexibility index (Phi) is 5.14. The molecule has 2 aliphatic rings. The normalized spacial score (nSPS) is 21.1. The summed E-state index contributed by atoms with van der Waals surface area (Å²) in [5.41, 5.74) is 2.07. The molecule has 5 nitrogen and oxygen atoms in total. The number of hydrogen-bond acceptors (Lipinski definition) is 4. The van der Waals surface area contributed by atoms with Gasteiger partial charge in [0.1, 0.15) is 6.61 Å². The highest BCUT2D eigenvalue weighted by molar-refractivity contribution is 5.98. The summed E-state index contributed by atoms with van der Waals surface area (Å²) in [4.78, 5) is 26.7. The maximum atomic E-state index is 13.1. The van der Waals surface area contributed by atoms with E-state index in [1.165, 1.54) is 0 Å². The average Bonchev–Trinajstić information content (AvgIpc) is 2.86. The maximum absolute atomic E-state index is 13.1. The van der Waals surface area contributed by atoms with Crippen LogP contribution in [0.5, 0.6) is 11.5 Å². The summed E-state index contributed by atoms with van der Waals surface area (Å²) in [6.45, 7) is 0.989. The number of ketones is 1. The molecule has 2 aromatic carbocycles. The SMILES string of the molecule is COc1ccc2c(c1OCc1ccccc1)C1(C=CC(=O)CC1)CCN(C)C2=O. The zero-order valence-electron chi connectivity index (χ0n) is 16.8. The van der Waals surface area contributed by atoms with Gasteiger partial charge in [-0.3, -0.25) is 9.59 Å². The second-order valence-electron chi connectivity index (χ2n) is 7.73. The minimum Gasteiger partial charge on any atom is -0.493 e. The Labute approximate surface area is 170 Å². The molecule has 1 unspecified atom stereocenters. The lowest BCUT2D eigenvalue weighted by atomic mass is 9.69. The lowest BCUT2D eigenvalue weighted by Crippen LogP contribution is -2.31. The number of hydrogen-bond donors (Lipinski definition) is 0. The van der Waals surface area contributed by atoms with Crippen molar-refractivity contribution in [1.29, 1.82) is 0 Å². The number of methoxy groups -OCH3 is 1. The van der Waals surface area contributed by atoms with Crippen molar-refractivity contribution in [2.75, 3.05) is 20.7 Å². The molecule has 29 heavy (non-hydrogen) atoms. The molecule has 0 radical (unpaired) electrons. The summed E-state index contributed by atoms with van der Waals surface area (Å²) in [6.07, 6.45) is 5.48. The molecule has 0 aromatic heterocycles. The molecule has 1 atom stereocenters. The highest BCUT2D eigenvalue weighted by Gasteiger charge is 2.42. The third-order valence-electron chi connectivity index (χ3n) is 5.94. The van der Waals surface area contributed by atoms with E-state index in [0.29, 0.717) is 43.1 Å². The fourth-order valence-corrected chi connectivity index (χ4v) is 4.25. The van der Waals surface area contributed by atoms with Gasteiger partial charge in [-0.1, -0.05) is 36.4 Å². The highest BCUT2D eigenvalue weighted by atomic mass is 16.5. The molecule has 4 rings (SSSR count). The van der Waals surface area contributed by atoms with Gasteiger partial charge in [-0.25, -0.2) is 0 Å². The van der Waals surface area contributed by atoms with Gasteiger partial charge in [0, 0.05) is 36.6 Å². The van der Waals surface area contributed by atoms with Crippen LogP contribution in [0.1, 0.15) is 40.7 Å². The number of benzene rings is 2. The first-order chi connectivity index (χ1) is 14.0. The van der Waals surface area contributed by atoms with Gasteiger partial charge in [0.15, 0.2) is 17.3 Å². The van der Waals surface area contributed by atoms with Gasteiger partial charge in [-0.2, -0.15) is 0 Å². The Morgan fingerprint density at radius 1 is 1.07 bits per heavy atom. The number of fused-ring (bicyclic) bond motifs is 2. The van der Waals surface area contributed by atoms with Crippen LogP contribution >= 0.6 is 0 Å². The third kappa shape index (κ3) is 3.53. The number of carbonyl (C=O) groups is 2. The molecule has 5 heteroatoms. The summed E-state index contributed by atoms with van der Waals surface area (Å²) < 4.78 is 11.9. The number of ether oxygens (including phenoxy) is 2. The molecular formula is C24H25NO4. The van der Waals surface area contributed by atoms with Gasteiger partial charge in [-0.15, -0.1) is 0 Å². The number of allylic oxidation sites excluding steroid dienone is 2. The molecular weight excluding hydrogens is 366 g/mol. The average molecular weight is 391 g/mol. The maximum Gasteiger partial charge on any atom is 0.254 e. The van der Waals surface area contributed by atoms with E-state index in [9.17, 15) is 9.59 Å². The number of rotatable bonds is 4. The predicted molar refractivity (Wildman–Crippen MR) is 110 cm³/mol. The van der Waals surface area contributed by atoms with Crippen molar-refractivity contribution in [1.82, 2.24) is 4.90 Å². The van der Waals surface area contributed by atoms with Crippen LogP contribution in [-0.4, -0.2) is 37.3 Å². The Morgan fingerprint density at radius 2 is 1.86 bits per heavy atom. The minimum absolute atomic E-state index is 0.0330. The summed E-state index contributed by atoms with van der Waals surface area (Å²) in [6, 6.07) is 13.5. The molecule has 1 spiro atoms. The highest BCUT2D eigenvalue weighted by Crippen LogP contribution is 2.49. The van der Waals surface area contributed by atoms with Crippen molar-refractivity contribution in [3.05, 3.63) is 71.3 Å². The molecule has 150 valence electrons. The van der Waals surface area contributed by atoms with Gasteiger partial charge in [0.05, 0.1) is 7.11 Å². The van der Waals surface area contributed by atoms with Crippen LogP contribution in [0.4, 0.5) is 0 Å². The largest absolute Gasteiger partial charge is 0.493 e. The zero-order chi connectivity index (χ0) is 20.4. The first kappa shape index (κ1) is 19.2. The standard InChI is InChI=1S/C24H25NO4/c1-25-15-14-24(12-10-18(26)11-13-24)21-19(23(25)27)8-9-20(28-2)22(21)29-16-17-6-4-3-5-7-17/h3-10,12H,11,13-16H2,1-2H3. The number of nitrogens with zero attached hydrogens (tertiary/aromatic N) is 1. The fourth-order valence-electron chi connectivity index (χ4n) is 4.25. The molecule has 1 heterocycles. The molecule has 0 saturated carbocycles.